The number of para-hydroxylation sites is 1. The van der Waals surface area contributed by atoms with Gasteiger partial charge < -0.3 is 5.32 Å². The molecular weight excluding hydrogens is 220 g/mol. The van der Waals surface area contributed by atoms with E-state index in [2.05, 4.69) is 49.3 Å². The third kappa shape index (κ3) is 3.46. The summed E-state index contributed by atoms with van der Waals surface area (Å²) in [4.78, 5) is 4.47. The van der Waals surface area contributed by atoms with E-state index < -0.39 is 0 Å². The number of nitrogens with one attached hydrogen (secondary N) is 1. The first-order chi connectivity index (χ1) is 8.65. The van der Waals surface area contributed by atoms with E-state index in [1.807, 2.05) is 18.3 Å². The Morgan fingerprint density at radius 2 is 1.89 bits per heavy atom. The van der Waals surface area contributed by atoms with Crippen molar-refractivity contribution in [3.63, 3.8) is 0 Å². The van der Waals surface area contributed by atoms with Crippen LogP contribution in [-0.4, -0.2) is 11.0 Å². The Kier molecular flexibility index (Phi) is 4.19. The second-order valence-electron chi connectivity index (χ2n) is 5.43. The summed E-state index contributed by atoms with van der Waals surface area (Å²) in [7, 11) is 0. The molecule has 0 bridgehead atoms. The zero-order valence-electron chi connectivity index (χ0n) is 11.5. The van der Waals surface area contributed by atoms with Gasteiger partial charge in [0.2, 0.25) is 0 Å². The maximum atomic E-state index is 4.47. The zero-order chi connectivity index (χ0) is 13.0. The molecule has 2 aromatic rings. The molecule has 2 rings (SSSR count). The molecule has 1 atom stereocenters. The molecule has 1 unspecified atom stereocenters. The minimum absolute atomic E-state index is 0.496. The molecule has 0 amide bonds. The van der Waals surface area contributed by atoms with Gasteiger partial charge in [-0.05, 0) is 37.8 Å². The van der Waals surface area contributed by atoms with Crippen LogP contribution in [0.25, 0.3) is 10.9 Å². The number of hydrogen-bond acceptors (Lipinski definition) is 2. The van der Waals surface area contributed by atoms with Gasteiger partial charge in [-0.1, -0.05) is 32.0 Å². The molecule has 1 N–H and O–H groups in total. The number of benzene rings is 1. The highest BCUT2D eigenvalue weighted by Crippen LogP contribution is 2.18. The summed E-state index contributed by atoms with van der Waals surface area (Å²) in [5.41, 5.74) is 2.17. The van der Waals surface area contributed by atoms with Crippen LogP contribution in [0.1, 0.15) is 33.6 Å². The number of anilines is 1. The van der Waals surface area contributed by atoms with E-state index in [1.54, 1.807) is 0 Å². The first-order valence-electron chi connectivity index (χ1n) is 6.76. The van der Waals surface area contributed by atoms with Gasteiger partial charge in [-0.15, -0.1) is 0 Å². The van der Waals surface area contributed by atoms with Gasteiger partial charge in [-0.25, -0.2) is 0 Å². The lowest BCUT2D eigenvalue weighted by Crippen LogP contribution is -2.15. The van der Waals surface area contributed by atoms with Crippen molar-refractivity contribution in [1.29, 1.82) is 0 Å². The van der Waals surface area contributed by atoms with Crippen LogP contribution in [0.15, 0.2) is 36.5 Å². The second kappa shape index (κ2) is 5.85. The van der Waals surface area contributed by atoms with Gasteiger partial charge in [0.1, 0.15) is 0 Å². The summed E-state index contributed by atoms with van der Waals surface area (Å²) < 4.78 is 0. The fourth-order valence-corrected chi connectivity index (χ4v) is 2.09. The van der Waals surface area contributed by atoms with E-state index in [9.17, 15) is 0 Å². The van der Waals surface area contributed by atoms with Crippen molar-refractivity contribution in [2.45, 2.75) is 39.7 Å². The van der Waals surface area contributed by atoms with Crippen molar-refractivity contribution in [2.75, 3.05) is 5.32 Å². The van der Waals surface area contributed by atoms with Crippen LogP contribution in [-0.2, 0) is 0 Å². The molecule has 2 nitrogen and oxygen atoms in total. The van der Waals surface area contributed by atoms with Gasteiger partial charge in [0.05, 0.1) is 17.4 Å². The van der Waals surface area contributed by atoms with Gasteiger partial charge in [0.25, 0.3) is 0 Å². The fraction of sp³-hybridized carbons (Fsp3) is 0.438. The van der Waals surface area contributed by atoms with Gasteiger partial charge in [-0.3, -0.25) is 4.98 Å². The number of nitrogens with zero attached hydrogens (tertiary/aromatic N) is 1. The van der Waals surface area contributed by atoms with E-state index in [0.29, 0.717) is 6.04 Å². The molecular formula is C16H22N2. The first kappa shape index (κ1) is 12.9. The molecule has 0 saturated carbocycles. The zero-order valence-corrected chi connectivity index (χ0v) is 11.5. The predicted octanol–water partition coefficient (Wildman–Crippen LogP) is 4.47. The molecule has 1 heterocycles. The number of fused-ring (bicyclic) bond motifs is 1. The Morgan fingerprint density at radius 1 is 1.11 bits per heavy atom. The van der Waals surface area contributed by atoms with Crippen molar-refractivity contribution < 1.29 is 0 Å². The maximum absolute atomic E-state index is 4.47. The second-order valence-corrected chi connectivity index (χ2v) is 5.43. The van der Waals surface area contributed by atoms with Gasteiger partial charge >= 0.3 is 0 Å². The van der Waals surface area contributed by atoms with Crippen LogP contribution in [0.4, 0.5) is 5.69 Å². The van der Waals surface area contributed by atoms with E-state index >= 15 is 0 Å². The van der Waals surface area contributed by atoms with Crippen molar-refractivity contribution in [1.82, 2.24) is 4.98 Å². The van der Waals surface area contributed by atoms with Gasteiger partial charge in [0.15, 0.2) is 0 Å². The molecule has 0 radical (unpaired) electrons. The number of aromatic nitrogens is 1. The first-order valence-corrected chi connectivity index (χ1v) is 6.76. The van der Waals surface area contributed by atoms with Crippen LogP contribution in [0.3, 0.4) is 0 Å². The van der Waals surface area contributed by atoms with Crippen molar-refractivity contribution >= 4 is 16.6 Å². The largest absolute Gasteiger partial charge is 0.381 e. The Labute approximate surface area is 109 Å². The van der Waals surface area contributed by atoms with E-state index in [-0.39, 0.29) is 0 Å². The van der Waals surface area contributed by atoms with E-state index in [0.717, 1.165) is 17.1 Å². The highest BCUT2D eigenvalue weighted by Gasteiger charge is 2.04. The van der Waals surface area contributed by atoms with Crippen LogP contribution in [0, 0.1) is 5.92 Å². The van der Waals surface area contributed by atoms with E-state index in [4.69, 9.17) is 0 Å². The Morgan fingerprint density at radius 3 is 2.67 bits per heavy atom. The summed E-state index contributed by atoms with van der Waals surface area (Å²) in [5, 5.41) is 4.72. The monoisotopic (exact) mass is 242 g/mol. The van der Waals surface area contributed by atoms with Crippen molar-refractivity contribution in [2.24, 2.45) is 5.92 Å². The number of pyridine rings is 1. The highest BCUT2D eigenvalue weighted by atomic mass is 14.9. The third-order valence-electron chi connectivity index (χ3n) is 3.18. The SMILES string of the molecule is CC(C)CCC(C)Nc1cnc2ccccc2c1. The molecule has 2 heteroatoms. The Balaban J connectivity index is 2.03. The summed E-state index contributed by atoms with van der Waals surface area (Å²) >= 11 is 0. The molecule has 0 spiro atoms. The van der Waals surface area contributed by atoms with Crippen LogP contribution < -0.4 is 5.32 Å². The number of hydrogen-bond donors (Lipinski definition) is 1. The highest BCUT2D eigenvalue weighted by molar-refractivity contribution is 5.81. The summed E-state index contributed by atoms with van der Waals surface area (Å²) in [6.07, 6.45) is 4.38. The fourth-order valence-electron chi connectivity index (χ4n) is 2.09. The lowest BCUT2D eigenvalue weighted by Gasteiger charge is -2.16. The van der Waals surface area contributed by atoms with Gasteiger partial charge in [0, 0.05) is 11.4 Å². The topological polar surface area (TPSA) is 24.9 Å². The minimum Gasteiger partial charge on any atom is -0.381 e. The molecule has 1 aromatic carbocycles. The third-order valence-corrected chi connectivity index (χ3v) is 3.18. The molecule has 0 aliphatic carbocycles. The smallest absolute Gasteiger partial charge is 0.0703 e. The summed E-state index contributed by atoms with van der Waals surface area (Å²) in [6, 6.07) is 10.9. The maximum Gasteiger partial charge on any atom is 0.0703 e. The lowest BCUT2D eigenvalue weighted by atomic mass is 10.0. The molecule has 1 aromatic heterocycles. The quantitative estimate of drug-likeness (QED) is 0.836. The molecule has 0 aliphatic rings. The molecule has 0 fully saturated rings. The number of rotatable bonds is 5. The predicted molar refractivity (Wildman–Crippen MR) is 78.9 cm³/mol. The molecule has 18 heavy (non-hydrogen) atoms. The van der Waals surface area contributed by atoms with Crippen LogP contribution >= 0.6 is 0 Å². The van der Waals surface area contributed by atoms with Crippen LogP contribution in [0.5, 0.6) is 0 Å². The van der Waals surface area contributed by atoms with Gasteiger partial charge in [-0.2, -0.15) is 0 Å². The lowest BCUT2D eigenvalue weighted by molar-refractivity contribution is 0.527. The standard InChI is InChI=1S/C16H22N2/c1-12(2)8-9-13(3)18-15-10-14-6-4-5-7-16(14)17-11-15/h4-7,10-13,18H,8-9H2,1-3H3. The molecule has 96 valence electrons. The molecule has 0 saturated heterocycles. The Bertz CT molecular complexity index is 505. The summed E-state index contributed by atoms with van der Waals surface area (Å²) in [5.74, 6) is 0.768. The average molecular weight is 242 g/mol. The van der Waals surface area contributed by atoms with Crippen LogP contribution in [0.2, 0.25) is 0 Å². The average Bonchev–Trinajstić information content (AvgIpc) is 2.36. The summed E-state index contributed by atoms with van der Waals surface area (Å²) in [6.45, 7) is 6.77. The van der Waals surface area contributed by atoms with Crippen molar-refractivity contribution in [3.05, 3.63) is 36.5 Å². The van der Waals surface area contributed by atoms with E-state index in [1.165, 1.54) is 18.2 Å². The molecule has 0 aliphatic heterocycles. The minimum atomic E-state index is 0.496. The Hall–Kier alpha value is -1.57. The van der Waals surface area contributed by atoms with Crippen molar-refractivity contribution in [3.8, 4) is 0 Å². The normalized spacial score (nSPS) is 12.9.